The molecule has 0 N–H and O–H groups in total. The number of nitrogens with zero attached hydrogens (tertiary/aromatic N) is 4. The van der Waals surface area contributed by atoms with Crippen LogP contribution in [0.15, 0.2) is 67.0 Å². The number of thiazole rings is 1. The number of benzene rings is 3. The largest absolute Gasteiger partial charge is 0.497 e. The molecule has 0 aliphatic carbocycles. The van der Waals surface area contributed by atoms with Gasteiger partial charge in [-0.15, -0.1) is 4.09 Å². The molecule has 0 unspecified atom stereocenters. The maximum absolute atomic E-state index is 14.4. The number of halogens is 3. The third-order valence-electron chi connectivity index (χ3n) is 5.64. The van der Waals surface area contributed by atoms with Gasteiger partial charge in [0, 0.05) is 16.7 Å². The van der Waals surface area contributed by atoms with Crippen LogP contribution in [-0.4, -0.2) is 36.8 Å². The Morgan fingerprint density at radius 2 is 1.82 bits per heavy atom. The van der Waals surface area contributed by atoms with E-state index in [4.69, 9.17) is 37.4 Å². The maximum atomic E-state index is 14.4. The van der Waals surface area contributed by atoms with Gasteiger partial charge in [0.15, 0.2) is 11.6 Å². The number of aromatic nitrogens is 3. The number of hydrogen-bond acceptors (Lipinski definition) is 8. The van der Waals surface area contributed by atoms with E-state index in [1.54, 1.807) is 36.4 Å². The lowest BCUT2D eigenvalue weighted by molar-refractivity contribution is 0.391. The summed E-state index contributed by atoms with van der Waals surface area (Å²) in [6.45, 7) is -0.146. The van der Waals surface area contributed by atoms with Gasteiger partial charge in [0.05, 0.1) is 44.1 Å². The zero-order chi connectivity index (χ0) is 27.7. The Balaban J connectivity index is 1.58. The predicted octanol–water partition coefficient (Wildman–Crippen LogP) is 6.55. The van der Waals surface area contributed by atoms with Crippen molar-refractivity contribution in [2.45, 2.75) is 6.54 Å². The number of ether oxygens (including phenoxy) is 3. The number of hydrogen-bond donors (Lipinski definition) is 0. The zero-order valence-corrected chi connectivity index (χ0v) is 23.5. The number of fused-ring (bicyclic) bond motifs is 1. The van der Waals surface area contributed by atoms with E-state index in [2.05, 4.69) is 10.1 Å². The van der Waals surface area contributed by atoms with E-state index in [-0.39, 0.29) is 33.7 Å². The van der Waals surface area contributed by atoms with E-state index < -0.39 is 16.0 Å². The van der Waals surface area contributed by atoms with Crippen LogP contribution >= 0.6 is 34.5 Å². The first-order valence-electron chi connectivity index (χ1n) is 11.2. The van der Waals surface area contributed by atoms with Gasteiger partial charge in [-0.2, -0.15) is 13.5 Å². The minimum absolute atomic E-state index is 0.0758. The van der Waals surface area contributed by atoms with Crippen molar-refractivity contribution < 1.29 is 27.0 Å². The van der Waals surface area contributed by atoms with Gasteiger partial charge >= 0.3 is 10.2 Å². The molecule has 202 valence electrons. The molecule has 9 nitrogen and oxygen atoms in total. The van der Waals surface area contributed by atoms with Crippen molar-refractivity contribution in [1.29, 1.82) is 0 Å². The zero-order valence-electron chi connectivity index (χ0n) is 20.3. The number of methoxy groups -OCH3 is 2. The molecule has 0 aliphatic heterocycles. The minimum Gasteiger partial charge on any atom is -0.497 e. The SMILES string of the molecule is COc1ccc(CN(c2ncc(Cl)s2)S(=O)(=O)n2ncc3c(Oc4ccc(Cl)cc4F)cccc32)c(OC)c1. The van der Waals surface area contributed by atoms with Crippen LogP contribution in [0.25, 0.3) is 10.9 Å². The second-order valence-electron chi connectivity index (χ2n) is 7.99. The van der Waals surface area contributed by atoms with Crippen molar-refractivity contribution in [3.8, 4) is 23.0 Å². The third kappa shape index (κ3) is 5.33. The van der Waals surface area contributed by atoms with Gasteiger partial charge < -0.3 is 14.2 Å². The van der Waals surface area contributed by atoms with Crippen molar-refractivity contribution in [3.05, 3.63) is 87.7 Å². The second-order valence-corrected chi connectivity index (χ2v) is 11.8. The molecule has 2 heterocycles. The quantitative estimate of drug-likeness (QED) is 0.187. The molecule has 0 spiro atoms. The molecule has 0 saturated carbocycles. The van der Waals surface area contributed by atoms with Gasteiger partial charge in [-0.1, -0.05) is 40.6 Å². The molecule has 14 heteroatoms. The van der Waals surface area contributed by atoms with Gasteiger partial charge in [0.25, 0.3) is 0 Å². The average molecular weight is 609 g/mol. The van der Waals surface area contributed by atoms with E-state index in [1.165, 1.54) is 38.7 Å². The predicted molar refractivity (Wildman–Crippen MR) is 148 cm³/mol. The fourth-order valence-corrected chi connectivity index (χ4v) is 6.46. The van der Waals surface area contributed by atoms with Crippen LogP contribution in [-0.2, 0) is 16.8 Å². The normalized spacial score (nSPS) is 11.5. The van der Waals surface area contributed by atoms with E-state index in [0.717, 1.165) is 25.8 Å². The summed E-state index contributed by atoms with van der Waals surface area (Å²) in [5.74, 6) is 0.428. The van der Waals surface area contributed by atoms with Crippen LogP contribution in [0.3, 0.4) is 0 Å². The van der Waals surface area contributed by atoms with Crippen molar-refractivity contribution in [3.63, 3.8) is 0 Å². The van der Waals surface area contributed by atoms with Gasteiger partial charge in [-0.25, -0.2) is 13.7 Å². The highest BCUT2D eigenvalue weighted by Crippen LogP contribution is 2.36. The highest BCUT2D eigenvalue weighted by atomic mass is 35.5. The Morgan fingerprint density at radius 3 is 2.51 bits per heavy atom. The summed E-state index contributed by atoms with van der Waals surface area (Å²) >= 11 is 12.9. The molecule has 3 aromatic carbocycles. The molecule has 0 radical (unpaired) electrons. The molecular weight excluding hydrogens is 590 g/mol. The molecule has 39 heavy (non-hydrogen) atoms. The molecule has 0 aliphatic rings. The molecule has 0 saturated heterocycles. The van der Waals surface area contributed by atoms with Gasteiger partial charge in [0.1, 0.15) is 21.6 Å². The molecular formula is C25H19Cl2FN4O5S2. The summed E-state index contributed by atoms with van der Waals surface area (Å²) in [7, 11) is -1.38. The van der Waals surface area contributed by atoms with Crippen LogP contribution in [0.1, 0.15) is 5.56 Å². The minimum atomic E-state index is -4.37. The fourth-order valence-electron chi connectivity index (χ4n) is 3.79. The van der Waals surface area contributed by atoms with Crippen molar-refractivity contribution in [2.24, 2.45) is 0 Å². The molecule has 0 amide bonds. The molecule has 2 aromatic heterocycles. The summed E-state index contributed by atoms with van der Waals surface area (Å²) in [4.78, 5) is 4.20. The summed E-state index contributed by atoms with van der Waals surface area (Å²) in [5, 5.41) is 4.84. The van der Waals surface area contributed by atoms with Gasteiger partial charge in [-0.05, 0) is 42.5 Å². The van der Waals surface area contributed by atoms with Gasteiger partial charge in [0.2, 0.25) is 5.13 Å². The first-order valence-corrected chi connectivity index (χ1v) is 14.1. The van der Waals surface area contributed by atoms with Gasteiger partial charge in [-0.3, -0.25) is 0 Å². The summed E-state index contributed by atoms with van der Waals surface area (Å²) in [6.07, 6.45) is 2.69. The Morgan fingerprint density at radius 1 is 1.00 bits per heavy atom. The summed E-state index contributed by atoms with van der Waals surface area (Å²) in [5.41, 5.74) is 0.753. The monoisotopic (exact) mass is 608 g/mol. The average Bonchev–Trinajstić information content (AvgIpc) is 3.56. The van der Waals surface area contributed by atoms with Crippen molar-refractivity contribution >= 4 is 60.8 Å². The van der Waals surface area contributed by atoms with E-state index in [1.807, 2.05) is 0 Å². The van der Waals surface area contributed by atoms with E-state index in [9.17, 15) is 12.8 Å². The van der Waals surface area contributed by atoms with Crippen molar-refractivity contribution in [2.75, 3.05) is 18.5 Å². The summed E-state index contributed by atoms with van der Waals surface area (Å²) < 4.78 is 61.2. The lowest BCUT2D eigenvalue weighted by Gasteiger charge is -2.23. The fraction of sp³-hybridized carbons (Fsp3) is 0.120. The Kier molecular flexibility index (Phi) is 7.54. The Bertz CT molecular complexity index is 1780. The number of anilines is 1. The standard InChI is InChI=1S/C25H19Cl2FN4O5S2/c1-35-17-8-6-15(23(11-17)36-2)14-31(25-29-13-24(27)38-25)39(33,34)32-20-4-3-5-21(18(20)12-30-32)37-22-9-7-16(26)10-19(22)28/h3-13H,14H2,1-2H3. The highest BCUT2D eigenvalue weighted by Gasteiger charge is 2.31. The first kappa shape index (κ1) is 27.0. The van der Waals surface area contributed by atoms with E-state index >= 15 is 0 Å². The molecule has 5 rings (SSSR count). The van der Waals surface area contributed by atoms with Crippen LogP contribution in [0.2, 0.25) is 9.36 Å². The molecule has 0 fully saturated rings. The molecule has 5 aromatic rings. The topological polar surface area (TPSA) is 95.8 Å². The lowest BCUT2D eigenvalue weighted by atomic mass is 10.2. The van der Waals surface area contributed by atoms with Crippen LogP contribution < -0.4 is 18.5 Å². The molecule has 0 atom stereocenters. The third-order valence-corrected chi connectivity index (χ3v) is 8.71. The van der Waals surface area contributed by atoms with Crippen LogP contribution in [0.4, 0.5) is 9.52 Å². The van der Waals surface area contributed by atoms with Crippen LogP contribution in [0.5, 0.6) is 23.0 Å². The first-order chi connectivity index (χ1) is 18.7. The summed E-state index contributed by atoms with van der Waals surface area (Å²) in [6, 6.07) is 13.8. The maximum Gasteiger partial charge on any atom is 0.348 e. The molecule has 0 bridgehead atoms. The number of rotatable bonds is 9. The van der Waals surface area contributed by atoms with Crippen molar-refractivity contribution in [1.82, 2.24) is 14.2 Å². The smallest absolute Gasteiger partial charge is 0.348 e. The van der Waals surface area contributed by atoms with Crippen LogP contribution in [0, 0.1) is 5.82 Å². The lowest BCUT2D eigenvalue weighted by Crippen LogP contribution is -2.36. The Labute approximate surface area is 237 Å². The Hall–Kier alpha value is -3.58. The second kappa shape index (κ2) is 10.9. The highest BCUT2D eigenvalue weighted by molar-refractivity contribution is 7.91. The van der Waals surface area contributed by atoms with E-state index in [0.29, 0.717) is 26.8 Å².